The van der Waals surface area contributed by atoms with E-state index in [2.05, 4.69) is 10.5 Å². The minimum Gasteiger partial charge on any atom is -0.452 e. The average molecular weight is 448 g/mol. The van der Waals surface area contributed by atoms with E-state index in [1.165, 1.54) is 23.7 Å². The fourth-order valence-corrected chi connectivity index (χ4v) is 3.89. The predicted octanol–water partition coefficient (Wildman–Crippen LogP) is 3.11. The molecule has 1 N–H and O–H groups in total. The number of carbonyl (C=O) groups is 3. The molecule has 0 atom stereocenters. The van der Waals surface area contributed by atoms with Crippen LogP contribution in [-0.4, -0.2) is 53.6 Å². The second kappa shape index (κ2) is 10.5. The van der Waals surface area contributed by atoms with Crippen LogP contribution in [0.25, 0.3) is 0 Å². The summed E-state index contributed by atoms with van der Waals surface area (Å²) < 4.78 is 10.4. The Labute approximate surface area is 186 Å². The second-order valence-electron chi connectivity index (χ2n) is 8.21. The number of hydrogen-bond donors (Lipinski definition) is 1. The number of likely N-dealkylation sites (N-methyl/N-ethyl adjacent to an activating group) is 1. The van der Waals surface area contributed by atoms with Gasteiger partial charge in [0.05, 0.1) is 17.8 Å². The van der Waals surface area contributed by atoms with Crippen molar-refractivity contribution in [1.29, 1.82) is 0 Å². The van der Waals surface area contributed by atoms with E-state index in [9.17, 15) is 14.4 Å². The quantitative estimate of drug-likeness (QED) is 0.490. The van der Waals surface area contributed by atoms with E-state index >= 15 is 0 Å². The largest absolute Gasteiger partial charge is 0.452 e. The van der Waals surface area contributed by atoms with Gasteiger partial charge in [0.25, 0.3) is 5.91 Å². The molecule has 0 aliphatic heterocycles. The van der Waals surface area contributed by atoms with Crippen LogP contribution in [0.15, 0.2) is 33.7 Å². The molecule has 0 fully saturated rings. The van der Waals surface area contributed by atoms with E-state index in [-0.39, 0.29) is 12.5 Å². The molecule has 0 spiro atoms. The van der Waals surface area contributed by atoms with Gasteiger partial charge in [-0.15, -0.1) is 11.8 Å². The van der Waals surface area contributed by atoms with Crippen LogP contribution in [0.5, 0.6) is 0 Å². The predicted molar refractivity (Wildman–Crippen MR) is 118 cm³/mol. The zero-order valence-corrected chi connectivity index (χ0v) is 19.6. The first-order valence-corrected chi connectivity index (χ1v) is 10.8. The number of thioether (sulfide) groups is 1. The molecular formula is C22H29N3O5S. The fourth-order valence-electron chi connectivity index (χ4n) is 2.70. The molecule has 0 saturated carbocycles. The van der Waals surface area contributed by atoms with Gasteiger partial charge in [-0.05, 0) is 46.8 Å². The van der Waals surface area contributed by atoms with Crippen molar-refractivity contribution >= 4 is 29.5 Å². The summed E-state index contributed by atoms with van der Waals surface area (Å²) in [5.74, 6) is 0.00156. The second-order valence-corrected chi connectivity index (χ2v) is 9.23. The lowest BCUT2D eigenvalue weighted by atomic mass is 10.1. The van der Waals surface area contributed by atoms with Gasteiger partial charge in [0, 0.05) is 28.8 Å². The van der Waals surface area contributed by atoms with Crippen LogP contribution in [-0.2, 0) is 20.1 Å². The van der Waals surface area contributed by atoms with Crippen LogP contribution in [0.1, 0.15) is 48.1 Å². The van der Waals surface area contributed by atoms with E-state index in [1.807, 2.05) is 46.8 Å². The molecule has 8 nitrogen and oxygen atoms in total. The van der Waals surface area contributed by atoms with Gasteiger partial charge in [0.2, 0.25) is 5.91 Å². The number of hydrogen-bond acceptors (Lipinski definition) is 7. The number of ether oxygens (including phenoxy) is 1. The molecule has 0 saturated heterocycles. The zero-order valence-electron chi connectivity index (χ0n) is 18.8. The molecule has 0 radical (unpaired) electrons. The van der Waals surface area contributed by atoms with E-state index < -0.39 is 24.0 Å². The average Bonchev–Trinajstić information content (AvgIpc) is 3.00. The summed E-state index contributed by atoms with van der Waals surface area (Å²) in [7, 11) is 1.49. The molecule has 1 aromatic heterocycles. The minimum atomic E-state index is -0.595. The summed E-state index contributed by atoms with van der Waals surface area (Å²) in [6.07, 6.45) is 0. The third kappa shape index (κ3) is 7.43. The third-order valence-electron chi connectivity index (χ3n) is 4.31. The van der Waals surface area contributed by atoms with Crippen LogP contribution in [0.2, 0.25) is 0 Å². The van der Waals surface area contributed by atoms with Gasteiger partial charge in [0.15, 0.2) is 6.61 Å². The van der Waals surface area contributed by atoms with Crippen molar-refractivity contribution in [3.63, 3.8) is 0 Å². The molecule has 1 aromatic carbocycles. The molecule has 168 valence electrons. The van der Waals surface area contributed by atoms with Crippen molar-refractivity contribution < 1.29 is 23.6 Å². The highest BCUT2D eigenvalue weighted by molar-refractivity contribution is 7.98. The molecule has 0 unspecified atom stereocenters. The van der Waals surface area contributed by atoms with Gasteiger partial charge in [-0.25, -0.2) is 4.79 Å². The summed E-state index contributed by atoms with van der Waals surface area (Å²) in [6, 6.07) is 7.05. The van der Waals surface area contributed by atoms with Crippen LogP contribution in [0.4, 0.5) is 0 Å². The minimum absolute atomic E-state index is 0.114. The van der Waals surface area contributed by atoms with Gasteiger partial charge in [-0.3, -0.25) is 9.59 Å². The van der Waals surface area contributed by atoms with Crippen molar-refractivity contribution in [2.75, 3.05) is 20.2 Å². The molecule has 0 bridgehead atoms. The summed E-state index contributed by atoms with van der Waals surface area (Å²) in [5.41, 5.74) is 1.78. The number of amides is 2. The summed E-state index contributed by atoms with van der Waals surface area (Å²) in [5, 5.41) is 6.72. The normalized spacial score (nSPS) is 11.2. The highest BCUT2D eigenvalue weighted by atomic mass is 32.2. The molecule has 2 rings (SSSR count). The third-order valence-corrected chi connectivity index (χ3v) is 5.41. The number of aryl methyl sites for hydroxylation is 2. The smallest absolute Gasteiger partial charge is 0.339 e. The molecule has 2 aromatic rings. The van der Waals surface area contributed by atoms with Gasteiger partial charge >= 0.3 is 5.97 Å². The standard InChI is InChI=1S/C22H29N3O5S/c1-14-17(15(2)30-24-14)13-31-18-10-8-7-9-16(18)21(28)29-12-20(27)25(6)11-19(26)23-22(3,4)5/h7-10H,11-13H2,1-6H3,(H,23,26). The fraction of sp³-hybridized carbons (Fsp3) is 0.455. The lowest BCUT2D eigenvalue weighted by molar-refractivity contribution is -0.137. The Morgan fingerprint density at radius 1 is 1.19 bits per heavy atom. The Morgan fingerprint density at radius 2 is 1.87 bits per heavy atom. The number of carbonyl (C=O) groups excluding carboxylic acids is 3. The van der Waals surface area contributed by atoms with Crippen molar-refractivity contribution in [3.05, 3.63) is 46.8 Å². The molecular weight excluding hydrogens is 418 g/mol. The van der Waals surface area contributed by atoms with Gasteiger partial charge in [-0.2, -0.15) is 0 Å². The Bertz CT molecular complexity index is 929. The van der Waals surface area contributed by atoms with E-state index in [0.717, 1.165) is 21.9 Å². The van der Waals surface area contributed by atoms with Crippen molar-refractivity contribution in [2.24, 2.45) is 0 Å². The Morgan fingerprint density at radius 3 is 2.48 bits per heavy atom. The first kappa shape index (κ1) is 24.5. The number of nitrogens with zero attached hydrogens (tertiary/aromatic N) is 2. The summed E-state index contributed by atoms with van der Waals surface area (Å²) in [6.45, 7) is 8.73. The van der Waals surface area contributed by atoms with Crippen LogP contribution in [0, 0.1) is 13.8 Å². The first-order chi connectivity index (χ1) is 14.5. The Kier molecular flexibility index (Phi) is 8.27. The molecule has 0 aliphatic rings. The van der Waals surface area contributed by atoms with Crippen LogP contribution in [0.3, 0.4) is 0 Å². The molecule has 31 heavy (non-hydrogen) atoms. The summed E-state index contributed by atoms with van der Waals surface area (Å²) in [4.78, 5) is 38.8. The topological polar surface area (TPSA) is 102 Å². The van der Waals surface area contributed by atoms with Gasteiger partial charge < -0.3 is 19.5 Å². The number of nitrogens with one attached hydrogen (secondary N) is 1. The Hall–Kier alpha value is -2.81. The van der Waals surface area contributed by atoms with Crippen molar-refractivity contribution in [2.45, 2.75) is 50.8 Å². The highest BCUT2D eigenvalue weighted by Crippen LogP contribution is 2.29. The lowest BCUT2D eigenvalue weighted by Gasteiger charge is -2.23. The molecule has 2 amide bonds. The van der Waals surface area contributed by atoms with Crippen molar-refractivity contribution in [1.82, 2.24) is 15.4 Å². The molecule has 9 heteroatoms. The Balaban J connectivity index is 1.93. The van der Waals surface area contributed by atoms with Crippen molar-refractivity contribution in [3.8, 4) is 0 Å². The number of rotatable bonds is 8. The zero-order chi connectivity index (χ0) is 23.2. The SMILES string of the molecule is Cc1noc(C)c1CSc1ccccc1C(=O)OCC(=O)N(C)CC(=O)NC(C)(C)C. The maximum absolute atomic E-state index is 12.6. The lowest BCUT2D eigenvalue weighted by Crippen LogP contribution is -2.46. The van der Waals surface area contributed by atoms with Gasteiger partial charge in [0.1, 0.15) is 5.76 Å². The molecule has 1 heterocycles. The van der Waals surface area contributed by atoms with E-state index in [1.54, 1.807) is 12.1 Å². The number of aromatic nitrogens is 1. The van der Waals surface area contributed by atoms with Crippen LogP contribution >= 0.6 is 11.8 Å². The van der Waals surface area contributed by atoms with E-state index in [4.69, 9.17) is 9.26 Å². The first-order valence-electron chi connectivity index (χ1n) is 9.83. The highest BCUT2D eigenvalue weighted by Gasteiger charge is 2.20. The maximum Gasteiger partial charge on any atom is 0.339 e. The number of esters is 1. The maximum atomic E-state index is 12.6. The molecule has 0 aliphatic carbocycles. The number of benzene rings is 1. The van der Waals surface area contributed by atoms with Crippen LogP contribution < -0.4 is 5.32 Å². The monoisotopic (exact) mass is 447 g/mol. The van der Waals surface area contributed by atoms with E-state index in [0.29, 0.717) is 11.3 Å². The summed E-state index contributed by atoms with van der Waals surface area (Å²) >= 11 is 1.47. The van der Waals surface area contributed by atoms with Gasteiger partial charge in [-0.1, -0.05) is 17.3 Å².